The van der Waals surface area contributed by atoms with Gasteiger partial charge in [0.25, 0.3) is 0 Å². The molecule has 1 fully saturated rings. The van der Waals surface area contributed by atoms with Gasteiger partial charge in [-0.25, -0.2) is 4.39 Å². The molecule has 0 saturated heterocycles. The van der Waals surface area contributed by atoms with E-state index in [1.165, 1.54) is 25.0 Å². The van der Waals surface area contributed by atoms with E-state index in [9.17, 15) is 14.3 Å². The summed E-state index contributed by atoms with van der Waals surface area (Å²) in [6.45, 7) is 2.73. The third-order valence-corrected chi connectivity index (χ3v) is 4.76. The predicted molar refractivity (Wildman–Crippen MR) is 93.0 cm³/mol. The predicted octanol–water partition coefficient (Wildman–Crippen LogP) is 2.88. The van der Waals surface area contributed by atoms with Gasteiger partial charge in [-0.1, -0.05) is 25.0 Å². The highest BCUT2D eigenvalue weighted by molar-refractivity contribution is 5.78. The second-order valence-electron chi connectivity index (χ2n) is 7.02. The molecule has 24 heavy (non-hydrogen) atoms. The number of halogens is 1. The molecule has 0 radical (unpaired) electrons. The van der Waals surface area contributed by atoms with E-state index in [0.717, 1.165) is 18.4 Å². The van der Waals surface area contributed by atoms with Crippen molar-refractivity contribution >= 4 is 5.91 Å². The molecule has 1 aliphatic carbocycles. The first-order valence-corrected chi connectivity index (χ1v) is 8.87. The fourth-order valence-corrected chi connectivity index (χ4v) is 3.38. The summed E-state index contributed by atoms with van der Waals surface area (Å²) in [4.78, 5) is 14.3. The molecule has 2 rings (SSSR count). The molecule has 1 amide bonds. The largest absolute Gasteiger partial charge is 0.393 e. The molecule has 0 aliphatic heterocycles. The third-order valence-electron chi connectivity index (χ3n) is 4.76. The second-order valence-corrected chi connectivity index (χ2v) is 7.02. The van der Waals surface area contributed by atoms with Crippen LogP contribution in [0.5, 0.6) is 0 Å². The Bertz CT molecular complexity index is 513. The van der Waals surface area contributed by atoms with E-state index in [1.807, 2.05) is 11.9 Å². The van der Waals surface area contributed by atoms with Crippen LogP contribution in [-0.2, 0) is 4.79 Å². The summed E-state index contributed by atoms with van der Waals surface area (Å²) >= 11 is 0. The van der Waals surface area contributed by atoms with E-state index < -0.39 is 0 Å². The molecule has 2 N–H and O–H groups in total. The topological polar surface area (TPSA) is 52.6 Å². The van der Waals surface area contributed by atoms with Crippen LogP contribution in [0.3, 0.4) is 0 Å². The normalized spacial score (nSPS) is 17.9. The summed E-state index contributed by atoms with van der Waals surface area (Å²) in [5, 5.41) is 12.5. The highest BCUT2D eigenvalue weighted by Gasteiger charge is 2.28. The fourth-order valence-electron chi connectivity index (χ4n) is 3.38. The molecule has 2 atom stereocenters. The minimum absolute atomic E-state index is 0.0238. The van der Waals surface area contributed by atoms with Crippen LogP contribution in [0.25, 0.3) is 0 Å². The van der Waals surface area contributed by atoms with Crippen molar-refractivity contribution in [2.75, 3.05) is 20.1 Å². The Labute approximate surface area is 144 Å². The Morgan fingerprint density at radius 1 is 1.33 bits per heavy atom. The van der Waals surface area contributed by atoms with Crippen molar-refractivity contribution in [2.45, 2.75) is 51.2 Å². The number of nitrogens with one attached hydrogen (secondary N) is 1. The van der Waals surface area contributed by atoms with Crippen molar-refractivity contribution in [1.82, 2.24) is 10.2 Å². The number of nitrogens with zero attached hydrogens (tertiary/aromatic N) is 1. The number of aliphatic hydroxyl groups is 1. The van der Waals surface area contributed by atoms with E-state index in [0.29, 0.717) is 25.4 Å². The van der Waals surface area contributed by atoms with Gasteiger partial charge in [0.1, 0.15) is 5.82 Å². The quantitative estimate of drug-likeness (QED) is 0.767. The first kappa shape index (κ1) is 18.9. The van der Waals surface area contributed by atoms with Crippen LogP contribution >= 0.6 is 0 Å². The zero-order valence-electron chi connectivity index (χ0n) is 14.7. The molecule has 1 aromatic carbocycles. The molecule has 1 saturated carbocycles. The number of carbonyl (C=O) groups is 1. The van der Waals surface area contributed by atoms with Crippen molar-refractivity contribution in [2.24, 2.45) is 5.92 Å². The lowest BCUT2D eigenvalue weighted by Gasteiger charge is -2.26. The number of hydrogen-bond acceptors (Lipinski definition) is 3. The molecule has 1 aliphatic rings. The van der Waals surface area contributed by atoms with Gasteiger partial charge in [0.2, 0.25) is 5.91 Å². The van der Waals surface area contributed by atoms with Gasteiger partial charge >= 0.3 is 0 Å². The van der Waals surface area contributed by atoms with Crippen LogP contribution in [0.15, 0.2) is 24.3 Å². The average Bonchev–Trinajstić information content (AvgIpc) is 3.06. The Balaban J connectivity index is 1.97. The van der Waals surface area contributed by atoms with Crippen LogP contribution in [0, 0.1) is 11.7 Å². The Morgan fingerprint density at radius 2 is 1.96 bits per heavy atom. The zero-order valence-corrected chi connectivity index (χ0v) is 14.7. The number of aliphatic hydroxyl groups excluding tert-OH is 1. The molecule has 5 heteroatoms. The molecule has 134 valence electrons. The summed E-state index contributed by atoms with van der Waals surface area (Å²) in [5.41, 5.74) is 0.975. The van der Waals surface area contributed by atoms with Crippen LogP contribution in [0.2, 0.25) is 0 Å². The minimum Gasteiger partial charge on any atom is -0.393 e. The molecular weight excluding hydrogens is 307 g/mol. The second kappa shape index (κ2) is 9.14. The average molecular weight is 336 g/mol. The molecule has 2 unspecified atom stereocenters. The summed E-state index contributed by atoms with van der Waals surface area (Å²) in [7, 11) is 1.88. The Morgan fingerprint density at radius 3 is 2.54 bits per heavy atom. The van der Waals surface area contributed by atoms with Crippen LogP contribution in [0.4, 0.5) is 4.39 Å². The molecule has 0 aromatic heterocycles. The van der Waals surface area contributed by atoms with Crippen LogP contribution < -0.4 is 5.32 Å². The third kappa shape index (κ3) is 5.87. The van der Waals surface area contributed by atoms with Gasteiger partial charge in [-0.3, -0.25) is 9.69 Å². The summed E-state index contributed by atoms with van der Waals surface area (Å²) in [6.07, 6.45) is 4.86. The maximum atomic E-state index is 13.2. The van der Waals surface area contributed by atoms with Crippen molar-refractivity contribution in [3.8, 4) is 0 Å². The lowest BCUT2D eigenvalue weighted by molar-refractivity contribution is -0.123. The van der Waals surface area contributed by atoms with Crippen LogP contribution in [-0.4, -0.2) is 42.2 Å². The standard InChI is InChI=1S/C19H29FN2O2/c1-14(23)11-12-22(2)13-18(24)21-19(15-5-3-4-6-15)16-7-9-17(20)10-8-16/h7-10,14-15,19,23H,3-6,11-13H2,1-2H3,(H,21,24). The van der Waals surface area contributed by atoms with Crippen molar-refractivity contribution in [3.63, 3.8) is 0 Å². The van der Waals surface area contributed by atoms with Gasteiger partial charge in [-0.15, -0.1) is 0 Å². The fraction of sp³-hybridized carbons (Fsp3) is 0.632. The van der Waals surface area contributed by atoms with E-state index in [4.69, 9.17) is 0 Å². The lowest BCUT2D eigenvalue weighted by atomic mass is 9.91. The van der Waals surface area contributed by atoms with E-state index >= 15 is 0 Å². The van der Waals surface area contributed by atoms with Gasteiger partial charge in [0.15, 0.2) is 0 Å². The number of likely N-dealkylation sites (N-methyl/N-ethyl adjacent to an activating group) is 1. The van der Waals surface area contributed by atoms with E-state index in [2.05, 4.69) is 5.32 Å². The number of benzene rings is 1. The lowest BCUT2D eigenvalue weighted by Crippen LogP contribution is -2.40. The maximum Gasteiger partial charge on any atom is 0.234 e. The van der Waals surface area contributed by atoms with Crippen molar-refractivity contribution in [3.05, 3.63) is 35.6 Å². The maximum absolute atomic E-state index is 13.2. The summed E-state index contributed by atoms with van der Waals surface area (Å²) in [5.74, 6) is 0.139. The number of carbonyl (C=O) groups excluding carboxylic acids is 1. The number of rotatable bonds is 8. The van der Waals surface area contributed by atoms with E-state index in [-0.39, 0.29) is 23.9 Å². The van der Waals surface area contributed by atoms with Gasteiger partial charge in [-0.05, 0) is 56.8 Å². The van der Waals surface area contributed by atoms with Crippen molar-refractivity contribution in [1.29, 1.82) is 0 Å². The van der Waals surface area contributed by atoms with Gasteiger partial charge < -0.3 is 10.4 Å². The monoisotopic (exact) mass is 336 g/mol. The molecule has 0 heterocycles. The number of amides is 1. The summed E-state index contributed by atoms with van der Waals surface area (Å²) in [6, 6.07) is 6.41. The highest BCUT2D eigenvalue weighted by Crippen LogP contribution is 2.35. The molecule has 0 spiro atoms. The molecule has 1 aromatic rings. The molecule has 0 bridgehead atoms. The van der Waals surface area contributed by atoms with Gasteiger partial charge in [-0.2, -0.15) is 0 Å². The first-order chi connectivity index (χ1) is 11.5. The number of hydrogen-bond donors (Lipinski definition) is 2. The van der Waals surface area contributed by atoms with Gasteiger partial charge in [0.05, 0.1) is 18.7 Å². The minimum atomic E-state index is -0.360. The SMILES string of the molecule is CC(O)CCN(C)CC(=O)NC(c1ccc(F)cc1)C1CCCC1. The first-order valence-electron chi connectivity index (χ1n) is 8.87. The summed E-state index contributed by atoms with van der Waals surface area (Å²) < 4.78 is 13.2. The Hall–Kier alpha value is -1.46. The van der Waals surface area contributed by atoms with Crippen molar-refractivity contribution < 1.29 is 14.3 Å². The van der Waals surface area contributed by atoms with Crippen LogP contribution in [0.1, 0.15) is 50.6 Å². The molecular formula is C19H29FN2O2. The Kier molecular flexibility index (Phi) is 7.18. The van der Waals surface area contributed by atoms with E-state index in [1.54, 1.807) is 19.1 Å². The van der Waals surface area contributed by atoms with Gasteiger partial charge in [0, 0.05) is 6.54 Å². The molecule has 4 nitrogen and oxygen atoms in total. The smallest absolute Gasteiger partial charge is 0.234 e. The zero-order chi connectivity index (χ0) is 17.5. The highest BCUT2D eigenvalue weighted by atomic mass is 19.1.